The van der Waals surface area contributed by atoms with Crippen molar-refractivity contribution in [1.29, 1.82) is 0 Å². The van der Waals surface area contributed by atoms with Crippen molar-refractivity contribution in [2.24, 2.45) is 5.92 Å². The summed E-state index contributed by atoms with van der Waals surface area (Å²) in [5, 5.41) is 2.64. The first kappa shape index (κ1) is 21.2. The molecule has 1 aliphatic carbocycles. The summed E-state index contributed by atoms with van der Waals surface area (Å²) in [5.41, 5.74) is -0.00454. The number of carbonyl (C=O) groups is 3. The van der Waals surface area contributed by atoms with Crippen molar-refractivity contribution in [3.05, 3.63) is 24.0 Å². The fraction of sp³-hybridized carbons (Fsp3) is 0.667. The van der Waals surface area contributed by atoms with Crippen molar-refractivity contribution in [1.82, 2.24) is 14.8 Å². The third kappa shape index (κ3) is 6.24. The number of esters is 1. The Kier molecular flexibility index (Phi) is 6.49. The van der Waals surface area contributed by atoms with Crippen LogP contribution in [0.25, 0.3) is 0 Å². The zero-order valence-electron chi connectivity index (χ0n) is 17.5. The molecule has 1 aliphatic heterocycles. The summed E-state index contributed by atoms with van der Waals surface area (Å²) in [6.45, 7) is 7.02. The number of ether oxygens (including phenoxy) is 2. The fourth-order valence-corrected chi connectivity index (χ4v) is 3.35. The van der Waals surface area contributed by atoms with Crippen molar-refractivity contribution < 1.29 is 23.9 Å². The molecule has 1 saturated carbocycles. The third-order valence-corrected chi connectivity index (χ3v) is 5.09. The largest absolute Gasteiger partial charge is 0.464 e. The van der Waals surface area contributed by atoms with Crippen molar-refractivity contribution >= 4 is 18.0 Å². The molecule has 0 atom stereocenters. The van der Waals surface area contributed by atoms with E-state index in [0.717, 1.165) is 25.7 Å². The van der Waals surface area contributed by atoms with E-state index in [2.05, 4.69) is 5.32 Å². The fourth-order valence-electron chi connectivity index (χ4n) is 3.35. The minimum atomic E-state index is -0.514. The molecule has 2 aliphatic rings. The second kappa shape index (κ2) is 8.88. The molecule has 2 heterocycles. The lowest BCUT2D eigenvalue weighted by molar-refractivity contribution is -0.142. The number of amides is 2. The van der Waals surface area contributed by atoms with Gasteiger partial charge in [0.05, 0.1) is 6.61 Å². The second-order valence-corrected chi connectivity index (χ2v) is 8.81. The standard InChI is InChI=1S/C21H31N3O5/c1-21(2,3)29-20(27)23-11-8-16(9-12-23)24-10-4-5-17(24)19(26)22-13-18(25)28-14-15-6-7-15/h4-5,10,15-16H,6-9,11-14H2,1-3H3,(H,22,26). The van der Waals surface area contributed by atoms with Gasteiger partial charge < -0.3 is 24.3 Å². The highest BCUT2D eigenvalue weighted by Crippen LogP contribution is 2.29. The number of aromatic nitrogens is 1. The van der Waals surface area contributed by atoms with E-state index in [1.54, 1.807) is 11.0 Å². The monoisotopic (exact) mass is 405 g/mol. The average molecular weight is 405 g/mol. The average Bonchev–Trinajstić information content (AvgIpc) is 3.37. The number of carbonyl (C=O) groups excluding carboxylic acids is 3. The number of hydrogen-bond donors (Lipinski definition) is 1. The minimum absolute atomic E-state index is 0.117. The summed E-state index contributed by atoms with van der Waals surface area (Å²) in [7, 11) is 0. The Bertz CT molecular complexity index is 740. The molecule has 29 heavy (non-hydrogen) atoms. The summed E-state index contributed by atoms with van der Waals surface area (Å²) in [4.78, 5) is 38.2. The molecule has 1 N–H and O–H groups in total. The smallest absolute Gasteiger partial charge is 0.410 e. The molecule has 3 rings (SSSR count). The lowest BCUT2D eigenvalue weighted by atomic mass is 10.0. The van der Waals surface area contributed by atoms with Crippen molar-refractivity contribution in [3.8, 4) is 0 Å². The first-order chi connectivity index (χ1) is 13.7. The maximum absolute atomic E-state index is 12.5. The zero-order chi connectivity index (χ0) is 21.0. The van der Waals surface area contributed by atoms with Crippen LogP contribution in [-0.2, 0) is 14.3 Å². The van der Waals surface area contributed by atoms with Gasteiger partial charge in [-0.05, 0) is 64.5 Å². The molecule has 1 aromatic rings. The maximum Gasteiger partial charge on any atom is 0.410 e. The number of hydrogen-bond acceptors (Lipinski definition) is 5. The molecular formula is C21H31N3O5. The molecule has 2 fully saturated rings. The van der Waals surface area contributed by atoms with Gasteiger partial charge in [-0.2, -0.15) is 0 Å². The van der Waals surface area contributed by atoms with Gasteiger partial charge in [0.15, 0.2) is 0 Å². The van der Waals surface area contributed by atoms with Gasteiger partial charge >= 0.3 is 12.1 Å². The molecule has 2 amide bonds. The van der Waals surface area contributed by atoms with Crippen LogP contribution in [0.4, 0.5) is 4.79 Å². The Morgan fingerprint density at radius 2 is 1.83 bits per heavy atom. The number of likely N-dealkylation sites (tertiary alicyclic amines) is 1. The number of rotatable bonds is 6. The highest BCUT2D eigenvalue weighted by atomic mass is 16.6. The normalized spacial score (nSPS) is 17.7. The molecule has 0 spiro atoms. The van der Waals surface area contributed by atoms with Gasteiger partial charge in [0.25, 0.3) is 5.91 Å². The van der Waals surface area contributed by atoms with Gasteiger partial charge in [0.2, 0.25) is 0 Å². The first-order valence-electron chi connectivity index (χ1n) is 10.3. The van der Waals surface area contributed by atoms with Crippen molar-refractivity contribution in [2.45, 2.75) is 58.1 Å². The lowest BCUT2D eigenvalue weighted by Gasteiger charge is -2.34. The summed E-state index contributed by atoms with van der Waals surface area (Å²) >= 11 is 0. The topological polar surface area (TPSA) is 89.9 Å². The van der Waals surface area contributed by atoms with Crippen LogP contribution in [0.2, 0.25) is 0 Å². The van der Waals surface area contributed by atoms with Gasteiger partial charge in [-0.3, -0.25) is 9.59 Å². The van der Waals surface area contributed by atoms with E-state index in [1.807, 2.05) is 37.6 Å². The molecule has 0 unspecified atom stereocenters. The van der Waals surface area contributed by atoms with Gasteiger partial charge in [-0.15, -0.1) is 0 Å². The molecule has 1 saturated heterocycles. The van der Waals surface area contributed by atoms with Crippen LogP contribution >= 0.6 is 0 Å². The molecule has 160 valence electrons. The van der Waals surface area contributed by atoms with Gasteiger partial charge in [-0.1, -0.05) is 0 Å². The number of nitrogens with one attached hydrogen (secondary N) is 1. The van der Waals surface area contributed by atoms with Crippen LogP contribution in [0.3, 0.4) is 0 Å². The SMILES string of the molecule is CC(C)(C)OC(=O)N1CCC(n2cccc2C(=O)NCC(=O)OCC2CC2)CC1. The van der Waals surface area contributed by atoms with Crippen LogP contribution in [0.15, 0.2) is 18.3 Å². The quantitative estimate of drug-likeness (QED) is 0.735. The highest BCUT2D eigenvalue weighted by Gasteiger charge is 2.29. The predicted molar refractivity (Wildman–Crippen MR) is 107 cm³/mol. The van der Waals surface area contributed by atoms with E-state index < -0.39 is 11.6 Å². The molecule has 0 bridgehead atoms. The van der Waals surface area contributed by atoms with Gasteiger partial charge in [0.1, 0.15) is 17.8 Å². The Morgan fingerprint density at radius 1 is 1.14 bits per heavy atom. The van der Waals surface area contributed by atoms with Crippen molar-refractivity contribution in [2.75, 3.05) is 26.2 Å². The Morgan fingerprint density at radius 3 is 2.45 bits per heavy atom. The summed E-state index contributed by atoms with van der Waals surface area (Å²) in [6.07, 6.45) is 5.26. The van der Waals surface area contributed by atoms with Gasteiger partial charge in [-0.25, -0.2) is 4.79 Å². The summed E-state index contributed by atoms with van der Waals surface area (Å²) < 4.78 is 12.5. The Balaban J connectivity index is 1.49. The van der Waals surface area contributed by atoms with E-state index >= 15 is 0 Å². The first-order valence-corrected chi connectivity index (χ1v) is 10.3. The molecule has 1 aromatic heterocycles. The zero-order valence-corrected chi connectivity index (χ0v) is 17.5. The Labute approximate surface area is 171 Å². The van der Waals surface area contributed by atoms with E-state index in [4.69, 9.17) is 9.47 Å². The molecule has 0 radical (unpaired) electrons. The predicted octanol–water partition coefficient (Wildman–Crippen LogP) is 2.74. The Hall–Kier alpha value is -2.51. The van der Waals surface area contributed by atoms with E-state index in [0.29, 0.717) is 31.3 Å². The van der Waals surface area contributed by atoms with Crippen LogP contribution in [0.5, 0.6) is 0 Å². The van der Waals surface area contributed by atoms with Crippen LogP contribution in [0.1, 0.15) is 63.0 Å². The molecule has 8 nitrogen and oxygen atoms in total. The third-order valence-electron chi connectivity index (χ3n) is 5.09. The molecule has 0 aromatic carbocycles. The van der Waals surface area contributed by atoms with E-state index in [1.165, 1.54) is 0 Å². The van der Waals surface area contributed by atoms with Crippen LogP contribution in [0, 0.1) is 5.92 Å². The minimum Gasteiger partial charge on any atom is -0.464 e. The summed E-state index contributed by atoms with van der Waals surface area (Å²) in [6, 6.07) is 3.68. The van der Waals surface area contributed by atoms with Crippen LogP contribution < -0.4 is 5.32 Å². The molecule has 8 heteroatoms. The lowest BCUT2D eigenvalue weighted by Crippen LogP contribution is -2.42. The van der Waals surface area contributed by atoms with Crippen molar-refractivity contribution in [3.63, 3.8) is 0 Å². The second-order valence-electron chi connectivity index (χ2n) is 8.81. The van der Waals surface area contributed by atoms with Gasteiger partial charge in [0, 0.05) is 25.3 Å². The highest BCUT2D eigenvalue weighted by molar-refractivity contribution is 5.94. The summed E-state index contributed by atoms with van der Waals surface area (Å²) in [5.74, 6) is -0.208. The van der Waals surface area contributed by atoms with E-state index in [-0.39, 0.29) is 24.6 Å². The molecular weight excluding hydrogens is 374 g/mol. The number of nitrogens with zero attached hydrogens (tertiary/aromatic N) is 2. The number of piperidine rings is 1. The maximum atomic E-state index is 12.5. The van der Waals surface area contributed by atoms with Crippen LogP contribution in [-0.4, -0.2) is 59.3 Å². The van der Waals surface area contributed by atoms with E-state index in [9.17, 15) is 14.4 Å².